The summed E-state index contributed by atoms with van der Waals surface area (Å²) in [5, 5.41) is 2.21. The summed E-state index contributed by atoms with van der Waals surface area (Å²) >= 11 is 17.1. The molecule has 11 heteroatoms. The second-order valence-corrected chi connectivity index (χ2v) is 6.41. The lowest BCUT2D eigenvalue weighted by Gasteiger charge is -2.26. The van der Waals surface area contributed by atoms with Gasteiger partial charge >= 0.3 is 5.69 Å². The van der Waals surface area contributed by atoms with Crippen LogP contribution in [0.15, 0.2) is 38.6 Å². The van der Waals surface area contributed by atoms with Crippen molar-refractivity contribution in [2.24, 2.45) is 0 Å². The summed E-state index contributed by atoms with van der Waals surface area (Å²) in [5.74, 6) is -2.21. The van der Waals surface area contributed by atoms with Gasteiger partial charge in [0.1, 0.15) is 0 Å². The van der Waals surface area contributed by atoms with Crippen LogP contribution < -0.4 is 16.6 Å². The first kappa shape index (κ1) is 16.6. The molecule has 0 spiro atoms. The zero-order valence-electron chi connectivity index (χ0n) is 10.5. The quantitative estimate of drug-likeness (QED) is 0.801. The van der Waals surface area contributed by atoms with Gasteiger partial charge in [-0.2, -0.15) is 4.39 Å². The van der Waals surface area contributed by atoms with Gasteiger partial charge in [-0.3, -0.25) is 19.1 Å². The van der Waals surface area contributed by atoms with E-state index in [-0.39, 0.29) is 5.76 Å². The normalized spacial score (nSPS) is 12.9. The fraction of sp³-hybridized carbons (Fsp3) is 0.182. The Morgan fingerprint density at radius 3 is 2.64 bits per heavy atom. The third kappa shape index (κ3) is 3.52. The van der Waals surface area contributed by atoms with E-state index in [0.29, 0.717) is 10.8 Å². The Bertz CT molecular complexity index is 794. The van der Waals surface area contributed by atoms with Gasteiger partial charge in [-0.15, -0.1) is 0 Å². The average molecular weight is 371 g/mol. The molecular weight excluding hydrogens is 363 g/mol. The molecule has 1 amide bonds. The molecule has 1 atom stereocenters. The summed E-state index contributed by atoms with van der Waals surface area (Å²) in [4.78, 5) is 36.4. The Hall–Kier alpha value is -1.77. The fourth-order valence-corrected chi connectivity index (χ4v) is 2.04. The molecule has 22 heavy (non-hydrogen) atoms. The van der Waals surface area contributed by atoms with Crippen molar-refractivity contribution in [1.82, 2.24) is 14.9 Å². The number of carbonyl (C=O) groups excluding carboxylic acids is 1. The number of nitrogens with one attached hydrogen (secondary N) is 2. The summed E-state index contributed by atoms with van der Waals surface area (Å²) in [7, 11) is 0. The van der Waals surface area contributed by atoms with Crippen LogP contribution in [0.4, 0.5) is 4.39 Å². The van der Waals surface area contributed by atoms with Gasteiger partial charge < -0.3 is 9.73 Å². The van der Waals surface area contributed by atoms with Gasteiger partial charge in [0.15, 0.2) is 11.9 Å². The molecule has 0 aliphatic rings. The molecule has 7 nitrogen and oxygen atoms in total. The maximum Gasteiger partial charge on any atom is 0.330 e. The van der Waals surface area contributed by atoms with Crippen molar-refractivity contribution in [3.63, 3.8) is 0 Å². The fourth-order valence-electron chi connectivity index (χ4n) is 1.56. The SMILES string of the molecule is O=C(N[C@H](n1cc(F)c(=O)[nH]c1=O)C(Cl)(Cl)Cl)c1ccco1. The first-order valence-corrected chi connectivity index (χ1v) is 6.75. The molecule has 0 aromatic carbocycles. The molecule has 2 heterocycles. The molecule has 0 bridgehead atoms. The van der Waals surface area contributed by atoms with Gasteiger partial charge in [0.05, 0.1) is 12.5 Å². The molecule has 118 valence electrons. The smallest absolute Gasteiger partial charge is 0.330 e. The zero-order valence-corrected chi connectivity index (χ0v) is 12.7. The molecule has 0 radical (unpaired) electrons. The molecule has 0 saturated heterocycles. The summed E-state index contributed by atoms with van der Waals surface area (Å²) in [6, 6.07) is 2.78. The number of alkyl halides is 3. The Morgan fingerprint density at radius 1 is 1.41 bits per heavy atom. The van der Waals surface area contributed by atoms with Gasteiger partial charge in [-0.25, -0.2) is 4.79 Å². The minimum absolute atomic E-state index is 0.114. The van der Waals surface area contributed by atoms with Gasteiger partial charge in [-0.1, -0.05) is 34.8 Å². The van der Waals surface area contributed by atoms with Crippen molar-refractivity contribution in [2.75, 3.05) is 0 Å². The van der Waals surface area contributed by atoms with E-state index in [1.165, 1.54) is 18.4 Å². The number of furan rings is 1. The summed E-state index contributed by atoms with van der Waals surface area (Å²) < 4.78 is 16.5. The summed E-state index contributed by atoms with van der Waals surface area (Å²) in [6.45, 7) is 0. The van der Waals surface area contributed by atoms with Crippen molar-refractivity contribution in [2.45, 2.75) is 9.96 Å². The van der Waals surface area contributed by atoms with Gasteiger partial charge in [0.25, 0.3) is 11.5 Å². The Balaban J connectivity index is 2.44. The Labute approximate surface area is 136 Å². The molecule has 0 aliphatic heterocycles. The van der Waals surface area contributed by atoms with E-state index in [2.05, 4.69) is 5.32 Å². The van der Waals surface area contributed by atoms with Crippen LogP contribution in [0.5, 0.6) is 0 Å². The van der Waals surface area contributed by atoms with Crippen LogP contribution in [0, 0.1) is 5.82 Å². The van der Waals surface area contributed by atoms with Gasteiger partial charge in [0, 0.05) is 0 Å². The maximum atomic E-state index is 13.4. The molecule has 2 rings (SSSR count). The highest BCUT2D eigenvalue weighted by Gasteiger charge is 2.37. The Kier molecular flexibility index (Phi) is 4.64. The van der Waals surface area contributed by atoms with Crippen molar-refractivity contribution in [1.29, 1.82) is 0 Å². The molecular formula is C11H7Cl3FN3O4. The second-order valence-electron chi connectivity index (χ2n) is 4.04. The third-order valence-electron chi connectivity index (χ3n) is 2.53. The predicted molar refractivity (Wildman–Crippen MR) is 76.8 cm³/mol. The molecule has 2 N–H and O–H groups in total. The number of hydrogen-bond donors (Lipinski definition) is 2. The van der Waals surface area contributed by atoms with E-state index >= 15 is 0 Å². The topological polar surface area (TPSA) is 97.1 Å². The number of amides is 1. The highest BCUT2D eigenvalue weighted by atomic mass is 35.6. The number of H-pyrrole nitrogens is 1. The zero-order chi connectivity index (χ0) is 16.5. The van der Waals surface area contributed by atoms with Crippen LogP contribution in [-0.2, 0) is 0 Å². The van der Waals surface area contributed by atoms with Crippen molar-refractivity contribution in [3.8, 4) is 0 Å². The van der Waals surface area contributed by atoms with Crippen LogP contribution in [0.1, 0.15) is 16.7 Å². The van der Waals surface area contributed by atoms with Crippen LogP contribution in [0.2, 0.25) is 0 Å². The summed E-state index contributed by atoms with van der Waals surface area (Å²) in [6.07, 6.45) is 0.176. The largest absolute Gasteiger partial charge is 0.459 e. The van der Waals surface area contributed by atoms with Crippen LogP contribution in [0.25, 0.3) is 0 Å². The second kappa shape index (κ2) is 6.15. The monoisotopic (exact) mass is 369 g/mol. The minimum atomic E-state index is -2.21. The molecule has 0 saturated carbocycles. The van der Waals surface area contributed by atoms with Gasteiger partial charge in [0.2, 0.25) is 9.61 Å². The van der Waals surface area contributed by atoms with Crippen LogP contribution in [0.3, 0.4) is 0 Å². The van der Waals surface area contributed by atoms with Crippen LogP contribution >= 0.6 is 34.8 Å². The first-order chi connectivity index (χ1) is 10.2. The molecule has 0 unspecified atom stereocenters. The standard InChI is InChI=1S/C11H7Cl3FN3O4/c12-11(13,14)9(16-8(20)6-2-1-3-22-6)18-4-5(15)7(19)17-10(18)21/h1-4,9H,(H,16,20)(H,17,19,21)/t9-/m1/s1. The number of aromatic nitrogens is 2. The molecule has 2 aromatic heterocycles. The number of halogens is 4. The number of rotatable bonds is 3. The number of hydrogen-bond acceptors (Lipinski definition) is 4. The molecule has 0 fully saturated rings. The number of aromatic amines is 1. The van der Waals surface area contributed by atoms with Crippen molar-refractivity contribution < 1.29 is 13.6 Å². The molecule has 2 aromatic rings. The number of nitrogens with zero attached hydrogens (tertiary/aromatic N) is 1. The average Bonchev–Trinajstić information content (AvgIpc) is 2.93. The highest BCUT2D eigenvalue weighted by molar-refractivity contribution is 6.67. The maximum absolute atomic E-state index is 13.4. The van der Waals surface area contributed by atoms with E-state index in [9.17, 15) is 18.8 Å². The lowest BCUT2D eigenvalue weighted by molar-refractivity contribution is 0.0890. The lowest BCUT2D eigenvalue weighted by atomic mass is 10.4. The van der Waals surface area contributed by atoms with Crippen LogP contribution in [-0.4, -0.2) is 19.3 Å². The van der Waals surface area contributed by atoms with E-state index in [1.807, 2.05) is 0 Å². The van der Waals surface area contributed by atoms with Crippen molar-refractivity contribution in [3.05, 3.63) is 57.0 Å². The van der Waals surface area contributed by atoms with E-state index in [1.54, 1.807) is 4.98 Å². The molecule has 0 aliphatic carbocycles. The lowest BCUT2D eigenvalue weighted by Crippen LogP contribution is -2.46. The predicted octanol–water partition coefficient (Wildman–Crippen LogP) is 1.57. The van der Waals surface area contributed by atoms with E-state index in [4.69, 9.17) is 39.2 Å². The summed E-state index contributed by atoms with van der Waals surface area (Å²) in [5.41, 5.74) is -2.30. The van der Waals surface area contributed by atoms with E-state index in [0.717, 1.165) is 0 Å². The van der Waals surface area contributed by atoms with E-state index < -0.39 is 32.9 Å². The Morgan fingerprint density at radius 2 is 2.09 bits per heavy atom. The van der Waals surface area contributed by atoms with Crippen molar-refractivity contribution >= 4 is 40.7 Å². The third-order valence-corrected chi connectivity index (χ3v) is 3.15. The van der Waals surface area contributed by atoms with Gasteiger partial charge in [-0.05, 0) is 12.1 Å². The highest BCUT2D eigenvalue weighted by Crippen LogP contribution is 2.36. The number of carbonyl (C=O) groups is 1. The minimum Gasteiger partial charge on any atom is -0.459 e. The first-order valence-electron chi connectivity index (χ1n) is 5.62.